The number of hydrogen-bond acceptors (Lipinski definition) is 8. The number of nitrogens with zero attached hydrogens (tertiary/aromatic N) is 6. The number of carbonyl (C=O) groups excluding carboxylic acids is 3. The van der Waals surface area contributed by atoms with E-state index in [1.807, 2.05) is 23.0 Å². The first-order valence-corrected chi connectivity index (χ1v) is 20.9. The van der Waals surface area contributed by atoms with Gasteiger partial charge in [-0.1, -0.05) is 18.2 Å². The van der Waals surface area contributed by atoms with Gasteiger partial charge < -0.3 is 10.4 Å². The number of rotatable bonds is 8. The first-order valence-electron chi connectivity index (χ1n) is 20.9. The van der Waals surface area contributed by atoms with Crippen LogP contribution in [0.5, 0.6) is 0 Å². The highest BCUT2D eigenvalue weighted by Crippen LogP contribution is 2.46. The molecule has 0 radical (unpaired) electrons. The van der Waals surface area contributed by atoms with E-state index >= 15 is 0 Å². The Bertz CT molecular complexity index is 2570. The second-order valence-electron chi connectivity index (χ2n) is 17.8. The molecule has 4 atom stereocenters. The van der Waals surface area contributed by atoms with Crippen LogP contribution in [0.25, 0.3) is 21.9 Å². The Balaban J connectivity index is 0.862. The second-order valence-corrected chi connectivity index (χ2v) is 17.8. The summed E-state index contributed by atoms with van der Waals surface area (Å²) in [5.41, 5.74) is 0.884. The maximum absolute atomic E-state index is 13.6. The zero-order valence-electron chi connectivity index (χ0n) is 33.8. The molecule has 0 spiro atoms. The van der Waals surface area contributed by atoms with Crippen molar-refractivity contribution in [3.63, 3.8) is 0 Å². The number of fused-ring (bicyclic) bond motifs is 4. The van der Waals surface area contributed by atoms with E-state index < -0.39 is 35.3 Å². The van der Waals surface area contributed by atoms with Crippen LogP contribution in [-0.4, -0.2) is 70.3 Å². The van der Waals surface area contributed by atoms with Crippen LogP contribution in [0.3, 0.4) is 0 Å². The summed E-state index contributed by atoms with van der Waals surface area (Å²) in [6.45, 7) is 4.20. The molecular weight excluding hydrogens is 778 g/mol. The lowest BCUT2D eigenvalue weighted by molar-refractivity contribution is -0.141. The molecule has 1 aliphatic carbocycles. The Hall–Kier alpha value is -5.35. The molecule has 3 N–H and O–H groups in total. The number of pyridine rings is 1. The Morgan fingerprint density at radius 3 is 2.32 bits per heavy atom. The number of imide groups is 1. The van der Waals surface area contributed by atoms with Gasteiger partial charge in [0.25, 0.3) is 5.91 Å². The van der Waals surface area contributed by atoms with Crippen LogP contribution in [0.15, 0.2) is 59.5 Å². The largest absolute Gasteiger partial charge is 0.433 e. The summed E-state index contributed by atoms with van der Waals surface area (Å²) in [7, 11) is 1.78. The van der Waals surface area contributed by atoms with Gasteiger partial charge in [-0.3, -0.25) is 38.4 Å². The van der Waals surface area contributed by atoms with E-state index in [0.29, 0.717) is 41.4 Å². The van der Waals surface area contributed by atoms with E-state index in [-0.39, 0.29) is 35.4 Å². The number of amides is 3. The molecule has 16 heteroatoms. The van der Waals surface area contributed by atoms with Crippen LogP contribution in [0, 0.1) is 5.92 Å². The van der Waals surface area contributed by atoms with E-state index in [1.54, 1.807) is 42.2 Å². The molecule has 60 heavy (non-hydrogen) atoms. The van der Waals surface area contributed by atoms with E-state index in [0.717, 1.165) is 92.0 Å². The molecule has 4 fully saturated rings. The molecule has 13 nitrogen and oxygen atoms in total. The molecule has 2 bridgehead atoms. The van der Waals surface area contributed by atoms with E-state index in [1.165, 1.54) is 6.07 Å². The third-order valence-electron chi connectivity index (χ3n) is 13.5. The average molecular weight is 827 g/mol. The number of nitrogens with one attached hydrogen (secondary N) is 2. The van der Waals surface area contributed by atoms with Gasteiger partial charge in [-0.05, 0) is 119 Å². The highest BCUT2D eigenvalue weighted by atomic mass is 19.4. The van der Waals surface area contributed by atoms with Crippen molar-refractivity contribution in [1.82, 2.24) is 34.1 Å². The molecule has 2 aromatic carbocycles. The Morgan fingerprint density at radius 1 is 0.933 bits per heavy atom. The van der Waals surface area contributed by atoms with Gasteiger partial charge in [0.15, 0.2) is 0 Å². The summed E-state index contributed by atoms with van der Waals surface area (Å²) in [6.07, 6.45) is 6.06. The zero-order valence-corrected chi connectivity index (χ0v) is 33.8. The van der Waals surface area contributed by atoms with Gasteiger partial charge in [0.1, 0.15) is 17.4 Å². The van der Waals surface area contributed by atoms with Gasteiger partial charge in [-0.25, -0.2) is 9.78 Å². The van der Waals surface area contributed by atoms with Crippen molar-refractivity contribution in [3.8, 4) is 0 Å². The van der Waals surface area contributed by atoms with Crippen molar-refractivity contribution in [2.45, 2.75) is 120 Å². The molecule has 316 valence electrons. The Labute approximate surface area is 343 Å². The SMILES string of the molecule is Cn1c(=O)n(C2CCC(=O)NC2=O)c2cccc(C3C[C@H]4CC[C@@H](C3)N4CC3CCC(n4cc5cc(NC(=O)c6cccc(C(F)(F)F)n6)c(C(C)(C)O)cc5n4)CC3)c21. The molecule has 4 aliphatic rings. The number of aliphatic hydroxyl groups is 1. The lowest BCUT2D eigenvalue weighted by Gasteiger charge is -2.42. The van der Waals surface area contributed by atoms with E-state index in [4.69, 9.17) is 5.10 Å². The summed E-state index contributed by atoms with van der Waals surface area (Å²) in [5, 5.41) is 21.7. The summed E-state index contributed by atoms with van der Waals surface area (Å²) in [6, 6.07) is 13.0. The fourth-order valence-electron chi connectivity index (χ4n) is 10.5. The zero-order chi connectivity index (χ0) is 42.2. The summed E-state index contributed by atoms with van der Waals surface area (Å²) < 4.78 is 45.1. The molecule has 3 amide bonds. The van der Waals surface area contributed by atoms with Crippen LogP contribution < -0.4 is 16.3 Å². The number of halogens is 3. The number of carbonyl (C=O) groups is 3. The topological polar surface area (TPSA) is 156 Å². The fourth-order valence-corrected chi connectivity index (χ4v) is 10.5. The van der Waals surface area contributed by atoms with Gasteiger partial charge in [-0.2, -0.15) is 18.3 Å². The quantitative estimate of drug-likeness (QED) is 0.146. The predicted octanol–water partition coefficient (Wildman–Crippen LogP) is 6.70. The minimum Gasteiger partial charge on any atom is -0.386 e. The van der Waals surface area contributed by atoms with Crippen LogP contribution >= 0.6 is 0 Å². The number of benzene rings is 2. The van der Waals surface area contributed by atoms with Gasteiger partial charge in [0, 0.05) is 54.9 Å². The van der Waals surface area contributed by atoms with Crippen molar-refractivity contribution in [2.75, 3.05) is 11.9 Å². The third kappa shape index (κ3) is 7.31. The Kier molecular flexibility index (Phi) is 10.0. The molecule has 5 aromatic rings. The standard InChI is InChI=1S/C44H49F3N8O5/c1-43(2,60)31-21-33-26(20-34(31)49-40(57)32-7-5-9-37(48-32)44(45,46)47)23-54(51-33)27-12-10-24(11-13-27)22-53-28-14-15-29(53)19-25(18-28)30-6-4-8-35-39(30)52(3)42(59)55(35)36-16-17-38(56)50-41(36)58/h4-9,20-21,23-25,27-29,36,60H,10-19,22H2,1-3H3,(H,49,57)(H,50,56,58)/t24?,25?,27?,28-,29+,36?. The van der Waals surface area contributed by atoms with Gasteiger partial charge in [-0.15, -0.1) is 0 Å². The first-order chi connectivity index (χ1) is 28.5. The molecule has 3 aliphatic heterocycles. The number of aromatic nitrogens is 5. The summed E-state index contributed by atoms with van der Waals surface area (Å²) in [4.78, 5) is 57.6. The third-order valence-corrected chi connectivity index (χ3v) is 13.5. The number of para-hydroxylation sites is 1. The molecule has 2 unspecified atom stereocenters. The molecule has 1 saturated carbocycles. The number of piperidine rings is 2. The predicted molar refractivity (Wildman–Crippen MR) is 217 cm³/mol. The van der Waals surface area contributed by atoms with Crippen molar-refractivity contribution < 1.29 is 32.7 Å². The lowest BCUT2D eigenvalue weighted by atomic mass is 9.82. The highest BCUT2D eigenvalue weighted by Gasteiger charge is 2.43. The van der Waals surface area contributed by atoms with Crippen LogP contribution in [0.2, 0.25) is 0 Å². The normalized spacial score (nSPS) is 25.2. The number of imidazole rings is 1. The average Bonchev–Trinajstić information content (AvgIpc) is 3.81. The number of hydrogen-bond donors (Lipinski definition) is 3. The van der Waals surface area contributed by atoms with Crippen LogP contribution in [0.1, 0.15) is 123 Å². The summed E-state index contributed by atoms with van der Waals surface area (Å²) >= 11 is 0. The van der Waals surface area contributed by atoms with E-state index in [2.05, 4.69) is 26.6 Å². The van der Waals surface area contributed by atoms with E-state index in [9.17, 15) is 37.5 Å². The van der Waals surface area contributed by atoms with Gasteiger partial charge in [0.05, 0.1) is 28.2 Å². The molecule has 6 heterocycles. The number of aryl methyl sites for hydroxylation is 1. The maximum atomic E-state index is 13.6. The van der Waals surface area contributed by atoms with Crippen molar-refractivity contribution in [2.24, 2.45) is 13.0 Å². The minimum absolute atomic E-state index is 0.175. The first kappa shape index (κ1) is 40.1. The van der Waals surface area contributed by atoms with Crippen molar-refractivity contribution in [1.29, 1.82) is 0 Å². The number of alkyl halides is 3. The molecule has 9 rings (SSSR count). The van der Waals surface area contributed by atoms with Gasteiger partial charge >= 0.3 is 11.9 Å². The maximum Gasteiger partial charge on any atom is 0.433 e. The van der Waals surface area contributed by atoms with Gasteiger partial charge in [0.2, 0.25) is 11.8 Å². The molecule has 3 aromatic heterocycles. The molecular formula is C44H49F3N8O5. The van der Waals surface area contributed by atoms with Crippen molar-refractivity contribution in [3.05, 3.63) is 87.7 Å². The van der Waals surface area contributed by atoms with Crippen LogP contribution in [-0.2, 0) is 28.4 Å². The fraction of sp³-hybridized carbons (Fsp3) is 0.500. The highest BCUT2D eigenvalue weighted by molar-refractivity contribution is 6.04. The van der Waals surface area contributed by atoms with Crippen molar-refractivity contribution >= 4 is 45.3 Å². The monoisotopic (exact) mass is 826 g/mol. The minimum atomic E-state index is -4.70. The lowest BCUT2D eigenvalue weighted by Crippen LogP contribution is -2.45. The summed E-state index contributed by atoms with van der Waals surface area (Å²) in [5.74, 6) is -0.720. The second kappa shape index (κ2) is 15.0. The Morgan fingerprint density at radius 2 is 1.63 bits per heavy atom. The van der Waals surface area contributed by atoms with Crippen LogP contribution in [0.4, 0.5) is 18.9 Å². The smallest absolute Gasteiger partial charge is 0.386 e. The molecule has 3 saturated heterocycles. The number of anilines is 1.